The Labute approximate surface area is 183 Å². The summed E-state index contributed by atoms with van der Waals surface area (Å²) in [6, 6.07) is 20.4. The van der Waals surface area contributed by atoms with E-state index in [4.69, 9.17) is 4.74 Å². The molecule has 1 amide bonds. The van der Waals surface area contributed by atoms with Gasteiger partial charge in [-0.25, -0.2) is 8.42 Å². The van der Waals surface area contributed by atoms with Gasteiger partial charge in [-0.1, -0.05) is 42.0 Å². The van der Waals surface area contributed by atoms with Gasteiger partial charge in [-0.15, -0.1) is 0 Å². The third-order valence-corrected chi connectivity index (χ3v) is 6.07. The summed E-state index contributed by atoms with van der Waals surface area (Å²) in [5, 5.41) is 2.87. The van der Waals surface area contributed by atoms with E-state index in [1.807, 2.05) is 45.0 Å². The maximum atomic E-state index is 12.6. The molecule has 1 unspecified atom stereocenters. The Morgan fingerprint density at radius 2 is 1.68 bits per heavy atom. The monoisotopic (exact) mass is 438 g/mol. The summed E-state index contributed by atoms with van der Waals surface area (Å²) in [7, 11) is -3.74. The number of rotatable bonds is 8. The standard InChI is InChI=1S/C24H26N2O4S/c1-17-11-13-22(14-12-17)31(28,29)26-21-9-6-8-20(15-21)24(27)25-19(3)16-30-23-10-5-4-7-18(23)2/h4-15,19,26H,16H2,1-3H3,(H,25,27). The fraction of sp³-hybridized carbons (Fsp3) is 0.208. The van der Waals surface area contributed by atoms with Gasteiger partial charge in [0.05, 0.1) is 10.9 Å². The zero-order chi connectivity index (χ0) is 22.4. The highest BCUT2D eigenvalue weighted by Gasteiger charge is 2.16. The van der Waals surface area contributed by atoms with Gasteiger partial charge < -0.3 is 10.1 Å². The number of benzene rings is 3. The third-order valence-electron chi connectivity index (χ3n) is 4.67. The van der Waals surface area contributed by atoms with Crippen LogP contribution in [0, 0.1) is 13.8 Å². The number of amides is 1. The largest absolute Gasteiger partial charge is 0.491 e. The van der Waals surface area contributed by atoms with E-state index in [9.17, 15) is 13.2 Å². The summed E-state index contributed by atoms with van der Waals surface area (Å²) < 4.78 is 33.5. The Bertz CT molecular complexity index is 1160. The average molecular weight is 439 g/mol. The molecule has 1 atom stereocenters. The van der Waals surface area contributed by atoms with Crippen molar-refractivity contribution >= 4 is 21.6 Å². The van der Waals surface area contributed by atoms with Crippen LogP contribution in [0.25, 0.3) is 0 Å². The lowest BCUT2D eigenvalue weighted by Crippen LogP contribution is -2.36. The fourth-order valence-electron chi connectivity index (χ4n) is 2.94. The van der Waals surface area contributed by atoms with Crippen LogP contribution in [0.15, 0.2) is 77.7 Å². The molecule has 0 fully saturated rings. The van der Waals surface area contributed by atoms with Gasteiger partial charge in [-0.3, -0.25) is 9.52 Å². The highest BCUT2D eigenvalue weighted by Crippen LogP contribution is 2.18. The highest BCUT2D eigenvalue weighted by atomic mass is 32.2. The van der Waals surface area contributed by atoms with Gasteiger partial charge in [0.25, 0.3) is 15.9 Å². The molecule has 0 aliphatic carbocycles. The number of hydrogen-bond donors (Lipinski definition) is 2. The van der Waals surface area contributed by atoms with Crippen molar-refractivity contribution in [3.63, 3.8) is 0 Å². The minimum Gasteiger partial charge on any atom is -0.491 e. The molecule has 3 aromatic rings. The molecule has 2 N–H and O–H groups in total. The van der Waals surface area contributed by atoms with E-state index in [2.05, 4.69) is 10.0 Å². The Balaban J connectivity index is 1.63. The molecule has 7 heteroatoms. The summed E-state index contributed by atoms with van der Waals surface area (Å²) in [6.45, 7) is 6.01. The smallest absolute Gasteiger partial charge is 0.261 e. The summed E-state index contributed by atoms with van der Waals surface area (Å²) in [4.78, 5) is 12.8. The third kappa shape index (κ3) is 6.08. The zero-order valence-corrected chi connectivity index (χ0v) is 18.6. The predicted molar refractivity (Wildman–Crippen MR) is 122 cm³/mol. The number of carbonyl (C=O) groups is 1. The van der Waals surface area contributed by atoms with E-state index in [1.54, 1.807) is 42.5 Å². The first-order chi connectivity index (χ1) is 14.7. The molecule has 162 valence electrons. The molecule has 0 saturated heterocycles. The SMILES string of the molecule is Cc1ccc(S(=O)(=O)Nc2cccc(C(=O)NC(C)COc3ccccc3C)c2)cc1. The topological polar surface area (TPSA) is 84.5 Å². The molecule has 0 aromatic heterocycles. The van der Waals surface area contributed by atoms with Gasteiger partial charge in [0, 0.05) is 11.3 Å². The van der Waals surface area contributed by atoms with Crippen LogP contribution in [0.5, 0.6) is 5.75 Å². The predicted octanol–water partition coefficient (Wildman–Crippen LogP) is 4.30. The normalized spacial score (nSPS) is 12.1. The summed E-state index contributed by atoms with van der Waals surface area (Å²) >= 11 is 0. The molecule has 0 aliphatic heterocycles. The zero-order valence-electron chi connectivity index (χ0n) is 17.8. The minimum atomic E-state index is -3.74. The van der Waals surface area contributed by atoms with E-state index >= 15 is 0 Å². The molecule has 0 aliphatic rings. The van der Waals surface area contributed by atoms with Gasteiger partial charge in [0.15, 0.2) is 0 Å². The Hall–Kier alpha value is -3.32. The van der Waals surface area contributed by atoms with E-state index < -0.39 is 10.0 Å². The van der Waals surface area contributed by atoms with Crippen molar-refractivity contribution in [2.45, 2.75) is 31.7 Å². The molecular formula is C24H26N2O4S. The number of ether oxygens (including phenoxy) is 1. The minimum absolute atomic E-state index is 0.162. The van der Waals surface area contributed by atoms with Crippen LogP contribution in [-0.2, 0) is 10.0 Å². The molecule has 6 nitrogen and oxygen atoms in total. The van der Waals surface area contributed by atoms with Gasteiger partial charge in [-0.05, 0) is 62.7 Å². The van der Waals surface area contributed by atoms with Crippen molar-refractivity contribution in [2.24, 2.45) is 0 Å². The van der Waals surface area contributed by atoms with Crippen molar-refractivity contribution in [1.82, 2.24) is 5.32 Å². The second-order valence-electron chi connectivity index (χ2n) is 7.45. The number of sulfonamides is 1. The first-order valence-corrected chi connectivity index (χ1v) is 11.4. The lowest BCUT2D eigenvalue weighted by Gasteiger charge is -2.16. The lowest BCUT2D eigenvalue weighted by atomic mass is 10.2. The van der Waals surface area contributed by atoms with Crippen molar-refractivity contribution < 1.29 is 17.9 Å². The van der Waals surface area contributed by atoms with Crippen LogP contribution in [0.3, 0.4) is 0 Å². The van der Waals surface area contributed by atoms with Crippen molar-refractivity contribution in [2.75, 3.05) is 11.3 Å². The number of aryl methyl sites for hydroxylation is 2. The van der Waals surface area contributed by atoms with Gasteiger partial charge in [0.2, 0.25) is 0 Å². The number of hydrogen-bond acceptors (Lipinski definition) is 4. The van der Waals surface area contributed by atoms with Crippen LogP contribution in [0.1, 0.15) is 28.4 Å². The van der Waals surface area contributed by atoms with Crippen LogP contribution in [0.2, 0.25) is 0 Å². The molecule has 0 heterocycles. The first-order valence-electron chi connectivity index (χ1n) is 9.93. The molecule has 31 heavy (non-hydrogen) atoms. The molecule has 0 bridgehead atoms. The molecule has 3 rings (SSSR count). The van der Waals surface area contributed by atoms with E-state index in [-0.39, 0.29) is 16.8 Å². The quantitative estimate of drug-likeness (QED) is 0.549. The first kappa shape index (κ1) is 22.4. The Morgan fingerprint density at radius 3 is 2.39 bits per heavy atom. The van der Waals surface area contributed by atoms with Gasteiger partial charge in [0.1, 0.15) is 12.4 Å². The van der Waals surface area contributed by atoms with Crippen molar-refractivity contribution in [3.8, 4) is 5.75 Å². The second kappa shape index (κ2) is 9.66. The maximum absolute atomic E-state index is 12.6. The fourth-order valence-corrected chi connectivity index (χ4v) is 3.99. The Kier molecular flexibility index (Phi) is 6.97. The van der Waals surface area contributed by atoms with E-state index in [0.29, 0.717) is 17.9 Å². The van der Waals surface area contributed by atoms with Crippen molar-refractivity contribution in [3.05, 3.63) is 89.5 Å². The Morgan fingerprint density at radius 1 is 0.968 bits per heavy atom. The molecule has 0 saturated carbocycles. The van der Waals surface area contributed by atoms with Crippen molar-refractivity contribution in [1.29, 1.82) is 0 Å². The summed E-state index contributed by atoms with van der Waals surface area (Å²) in [5.41, 5.74) is 2.66. The summed E-state index contributed by atoms with van der Waals surface area (Å²) in [6.07, 6.45) is 0. The number of anilines is 1. The molecule has 0 radical (unpaired) electrons. The van der Waals surface area contributed by atoms with Crippen LogP contribution < -0.4 is 14.8 Å². The van der Waals surface area contributed by atoms with Crippen LogP contribution >= 0.6 is 0 Å². The molecule has 0 spiro atoms. The number of carbonyl (C=O) groups excluding carboxylic acids is 1. The lowest BCUT2D eigenvalue weighted by molar-refractivity contribution is 0.0926. The summed E-state index contributed by atoms with van der Waals surface area (Å²) in [5.74, 6) is 0.466. The maximum Gasteiger partial charge on any atom is 0.261 e. The highest BCUT2D eigenvalue weighted by molar-refractivity contribution is 7.92. The van der Waals surface area contributed by atoms with Gasteiger partial charge in [-0.2, -0.15) is 0 Å². The van der Waals surface area contributed by atoms with Crippen LogP contribution in [-0.4, -0.2) is 27.0 Å². The number of nitrogens with one attached hydrogen (secondary N) is 2. The van der Waals surface area contributed by atoms with E-state index in [1.165, 1.54) is 6.07 Å². The number of para-hydroxylation sites is 1. The average Bonchev–Trinajstić information content (AvgIpc) is 2.73. The molecular weight excluding hydrogens is 412 g/mol. The van der Waals surface area contributed by atoms with E-state index in [0.717, 1.165) is 16.9 Å². The second-order valence-corrected chi connectivity index (χ2v) is 9.13. The van der Waals surface area contributed by atoms with Gasteiger partial charge >= 0.3 is 0 Å². The molecule has 3 aromatic carbocycles. The van der Waals surface area contributed by atoms with Crippen LogP contribution in [0.4, 0.5) is 5.69 Å².